The third-order valence-electron chi connectivity index (χ3n) is 2.72. The number of aliphatic carboxylic acids is 1. The van der Waals surface area contributed by atoms with Crippen molar-refractivity contribution in [1.82, 2.24) is 4.90 Å². The maximum absolute atomic E-state index is 12.0. The Labute approximate surface area is 125 Å². The van der Waals surface area contributed by atoms with E-state index in [0.717, 1.165) is 27.8 Å². The van der Waals surface area contributed by atoms with Crippen molar-refractivity contribution < 1.29 is 19.5 Å². The van der Waals surface area contributed by atoms with E-state index in [9.17, 15) is 14.4 Å². The van der Waals surface area contributed by atoms with E-state index < -0.39 is 23.7 Å². The van der Waals surface area contributed by atoms with Gasteiger partial charge in [0.25, 0.3) is 11.1 Å². The average Bonchev–Trinajstić information content (AvgIpc) is 2.67. The zero-order valence-corrected chi connectivity index (χ0v) is 12.1. The molecule has 0 atom stereocenters. The molecule has 0 aromatic heterocycles. The van der Waals surface area contributed by atoms with Crippen molar-refractivity contribution in [2.24, 2.45) is 0 Å². The highest BCUT2D eigenvalue weighted by molar-refractivity contribution is 8.18. The Morgan fingerprint density at radius 1 is 1.29 bits per heavy atom. The van der Waals surface area contributed by atoms with E-state index >= 15 is 0 Å². The Kier molecular flexibility index (Phi) is 4.59. The fourth-order valence-corrected chi connectivity index (χ4v) is 2.72. The maximum Gasteiger partial charge on any atom is 0.323 e. The molecule has 1 aromatic rings. The standard InChI is InChI=1S/C15H13NO4S/c1-10(7-11-5-3-2-4-6-11)8-12-14(19)16(9-13(17)18)15(20)21-12/h2-8H,9H2,1H3,(H,17,18)/b10-7-,12-8+. The highest BCUT2D eigenvalue weighted by atomic mass is 32.2. The van der Waals surface area contributed by atoms with E-state index in [1.165, 1.54) is 0 Å². The van der Waals surface area contributed by atoms with E-state index in [0.29, 0.717) is 0 Å². The lowest BCUT2D eigenvalue weighted by Crippen LogP contribution is -2.33. The number of hydrogen-bond acceptors (Lipinski definition) is 4. The molecule has 1 aliphatic rings. The van der Waals surface area contributed by atoms with Crippen molar-refractivity contribution >= 4 is 35.0 Å². The molecule has 0 aliphatic carbocycles. The normalized spacial score (nSPS) is 17.7. The first-order valence-corrected chi connectivity index (χ1v) is 6.99. The van der Waals surface area contributed by atoms with Crippen LogP contribution in [0.1, 0.15) is 12.5 Å². The van der Waals surface area contributed by atoms with Crippen LogP contribution in [0.2, 0.25) is 0 Å². The summed E-state index contributed by atoms with van der Waals surface area (Å²) in [6.45, 7) is 1.21. The van der Waals surface area contributed by atoms with Crippen LogP contribution in [-0.2, 0) is 9.59 Å². The van der Waals surface area contributed by atoms with Gasteiger partial charge in [-0.25, -0.2) is 0 Å². The highest BCUT2D eigenvalue weighted by Crippen LogP contribution is 2.31. The molecule has 1 N–H and O–H groups in total. The molecule has 0 bridgehead atoms. The van der Waals surface area contributed by atoms with E-state index in [2.05, 4.69) is 0 Å². The monoisotopic (exact) mass is 303 g/mol. The summed E-state index contributed by atoms with van der Waals surface area (Å²) in [6, 6.07) is 9.56. The zero-order valence-electron chi connectivity index (χ0n) is 11.3. The summed E-state index contributed by atoms with van der Waals surface area (Å²) in [6.07, 6.45) is 3.48. The topological polar surface area (TPSA) is 74.7 Å². The van der Waals surface area contributed by atoms with Crippen molar-refractivity contribution in [3.05, 3.63) is 52.4 Å². The average molecular weight is 303 g/mol. The van der Waals surface area contributed by atoms with Crippen LogP contribution in [0.25, 0.3) is 6.08 Å². The van der Waals surface area contributed by atoms with Gasteiger partial charge in [0, 0.05) is 0 Å². The number of allylic oxidation sites excluding steroid dienone is 2. The van der Waals surface area contributed by atoms with Gasteiger partial charge in [-0.2, -0.15) is 0 Å². The zero-order chi connectivity index (χ0) is 15.4. The van der Waals surface area contributed by atoms with Gasteiger partial charge in [0.2, 0.25) is 0 Å². The molecule has 1 aromatic carbocycles. The number of thioether (sulfide) groups is 1. The van der Waals surface area contributed by atoms with Gasteiger partial charge >= 0.3 is 5.97 Å². The molecule has 2 rings (SSSR count). The molecule has 5 nitrogen and oxygen atoms in total. The number of imide groups is 1. The Hall–Kier alpha value is -2.34. The van der Waals surface area contributed by atoms with Gasteiger partial charge in [-0.15, -0.1) is 0 Å². The van der Waals surface area contributed by atoms with Crippen LogP contribution in [0.5, 0.6) is 0 Å². The van der Waals surface area contributed by atoms with E-state index in [-0.39, 0.29) is 4.91 Å². The van der Waals surface area contributed by atoms with Gasteiger partial charge in [0.05, 0.1) is 4.91 Å². The second kappa shape index (κ2) is 6.41. The van der Waals surface area contributed by atoms with Crippen LogP contribution in [0.15, 0.2) is 46.9 Å². The molecule has 21 heavy (non-hydrogen) atoms. The van der Waals surface area contributed by atoms with Gasteiger partial charge in [0.1, 0.15) is 6.54 Å². The van der Waals surface area contributed by atoms with Crippen LogP contribution in [-0.4, -0.2) is 33.7 Å². The maximum atomic E-state index is 12.0. The van der Waals surface area contributed by atoms with Crippen LogP contribution in [0.3, 0.4) is 0 Å². The molecule has 6 heteroatoms. The largest absolute Gasteiger partial charge is 0.480 e. The van der Waals surface area contributed by atoms with Crippen molar-refractivity contribution in [3.63, 3.8) is 0 Å². The Bertz CT molecular complexity index is 649. The van der Waals surface area contributed by atoms with Gasteiger partial charge in [-0.1, -0.05) is 36.4 Å². The van der Waals surface area contributed by atoms with Crippen LogP contribution in [0.4, 0.5) is 4.79 Å². The lowest BCUT2D eigenvalue weighted by Gasteiger charge is -2.07. The molecule has 2 amide bonds. The van der Waals surface area contributed by atoms with E-state index in [4.69, 9.17) is 5.11 Å². The molecule has 0 unspecified atom stereocenters. The highest BCUT2D eigenvalue weighted by Gasteiger charge is 2.36. The summed E-state index contributed by atoms with van der Waals surface area (Å²) in [5.74, 6) is -1.77. The molecule has 0 spiro atoms. The van der Waals surface area contributed by atoms with Crippen molar-refractivity contribution in [3.8, 4) is 0 Å². The summed E-state index contributed by atoms with van der Waals surface area (Å²) < 4.78 is 0. The number of carboxylic acids is 1. The van der Waals surface area contributed by atoms with Gasteiger partial charge < -0.3 is 5.11 Å². The number of hydrogen-bond donors (Lipinski definition) is 1. The molecule has 0 saturated carbocycles. The molecular formula is C15H13NO4S. The summed E-state index contributed by atoms with van der Waals surface area (Å²) in [4.78, 5) is 35.2. The van der Waals surface area contributed by atoms with Crippen molar-refractivity contribution in [2.75, 3.05) is 6.54 Å². The predicted octanol–water partition coefficient (Wildman–Crippen LogP) is 2.75. The molecule has 1 aliphatic heterocycles. The minimum absolute atomic E-state index is 0.242. The molecule has 1 fully saturated rings. The Morgan fingerprint density at radius 3 is 2.57 bits per heavy atom. The fourth-order valence-electron chi connectivity index (χ4n) is 1.83. The minimum atomic E-state index is -1.21. The van der Waals surface area contributed by atoms with Crippen molar-refractivity contribution in [2.45, 2.75) is 6.92 Å². The quantitative estimate of drug-likeness (QED) is 0.866. The third-order valence-corrected chi connectivity index (χ3v) is 3.63. The minimum Gasteiger partial charge on any atom is -0.480 e. The molecule has 1 saturated heterocycles. The van der Waals surface area contributed by atoms with Crippen LogP contribution in [0, 0.1) is 0 Å². The smallest absolute Gasteiger partial charge is 0.323 e. The number of rotatable bonds is 4. The lowest BCUT2D eigenvalue weighted by molar-refractivity contribution is -0.140. The predicted molar refractivity (Wildman–Crippen MR) is 80.5 cm³/mol. The van der Waals surface area contributed by atoms with Crippen LogP contribution >= 0.6 is 11.8 Å². The number of carbonyl (C=O) groups is 3. The summed E-state index contributed by atoms with van der Waals surface area (Å²) in [5.41, 5.74) is 1.79. The van der Waals surface area contributed by atoms with Crippen LogP contribution < -0.4 is 0 Å². The number of carbonyl (C=O) groups excluding carboxylic acids is 2. The van der Waals surface area contributed by atoms with E-state index in [1.807, 2.05) is 43.3 Å². The number of amides is 2. The SMILES string of the molecule is CC(=C/c1ccccc1)/C=C1/SC(=O)N(CC(=O)O)C1=O. The summed E-state index contributed by atoms with van der Waals surface area (Å²) in [5, 5.41) is 8.13. The van der Waals surface area contributed by atoms with Gasteiger partial charge in [0.15, 0.2) is 0 Å². The third kappa shape index (κ3) is 3.82. The first-order valence-electron chi connectivity index (χ1n) is 6.18. The lowest BCUT2D eigenvalue weighted by atomic mass is 10.1. The van der Waals surface area contributed by atoms with Gasteiger partial charge in [-0.3, -0.25) is 19.3 Å². The Balaban J connectivity index is 2.18. The number of carboxylic acid groups (broad SMARTS) is 1. The first kappa shape index (κ1) is 15.1. The van der Waals surface area contributed by atoms with Gasteiger partial charge in [-0.05, 0) is 35.9 Å². The number of benzene rings is 1. The molecule has 108 valence electrons. The summed E-state index contributed by atoms with van der Waals surface area (Å²) >= 11 is 0.757. The van der Waals surface area contributed by atoms with E-state index in [1.54, 1.807) is 6.08 Å². The second-order valence-electron chi connectivity index (χ2n) is 4.46. The number of nitrogens with zero attached hydrogens (tertiary/aromatic N) is 1. The molecular weight excluding hydrogens is 290 g/mol. The Morgan fingerprint density at radius 2 is 1.95 bits per heavy atom. The van der Waals surface area contributed by atoms with Crippen molar-refractivity contribution in [1.29, 1.82) is 0 Å². The molecule has 1 heterocycles. The molecule has 0 radical (unpaired) electrons. The first-order chi connectivity index (χ1) is 9.97. The fraction of sp³-hybridized carbons (Fsp3) is 0.133. The second-order valence-corrected chi connectivity index (χ2v) is 5.45. The summed E-state index contributed by atoms with van der Waals surface area (Å²) in [7, 11) is 0.